The van der Waals surface area contributed by atoms with Gasteiger partial charge in [-0.3, -0.25) is 14.4 Å². The highest BCUT2D eigenvalue weighted by Crippen LogP contribution is 2.42. The summed E-state index contributed by atoms with van der Waals surface area (Å²) >= 11 is 1.29. The summed E-state index contributed by atoms with van der Waals surface area (Å²) in [6.07, 6.45) is 0. The molecule has 3 aromatic carbocycles. The molecule has 0 bridgehead atoms. The van der Waals surface area contributed by atoms with Gasteiger partial charge in [0.15, 0.2) is 0 Å². The van der Waals surface area contributed by atoms with Gasteiger partial charge in [0, 0.05) is 17.5 Å². The molecule has 0 aromatic heterocycles. The van der Waals surface area contributed by atoms with Crippen molar-refractivity contribution in [3.8, 4) is 0 Å². The zero-order chi connectivity index (χ0) is 22.8. The van der Waals surface area contributed by atoms with Gasteiger partial charge in [-0.1, -0.05) is 59.8 Å². The molecule has 3 amide bonds. The highest BCUT2D eigenvalue weighted by molar-refractivity contribution is 8.04. The third-order valence-corrected chi connectivity index (χ3v) is 6.18. The molecule has 0 spiro atoms. The second-order valence-corrected chi connectivity index (χ2v) is 8.70. The molecule has 32 heavy (non-hydrogen) atoms. The topological polar surface area (TPSA) is 66.5 Å². The molecule has 1 aliphatic heterocycles. The summed E-state index contributed by atoms with van der Waals surface area (Å²) in [6, 6.07) is 22.1. The van der Waals surface area contributed by atoms with Crippen molar-refractivity contribution >= 4 is 46.4 Å². The van der Waals surface area contributed by atoms with E-state index in [1.54, 1.807) is 24.3 Å². The van der Waals surface area contributed by atoms with Crippen molar-refractivity contribution < 1.29 is 14.4 Å². The lowest BCUT2D eigenvalue weighted by Crippen LogP contribution is -2.31. The van der Waals surface area contributed by atoms with Crippen LogP contribution in [0.15, 0.2) is 82.6 Å². The smallest absolute Gasteiger partial charge is 0.272 e. The number of nitrogens with zero attached hydrogens (tertiary/aromatic N) is 1. The van der Waals surface area contributed by atoms with Crippen LogP contribution in [-0.4, -0.2) is 17.7 Å². The fraction of sp³-hybridized carbons (Fsp3) is 0.115. The molecular weight excluding hydrogens is 420 g/mol. The van der Waals surface area contributed by atoms with Gasteiger partial charge in [0.2, 0.25) is 5.91 Å². The normalized spacial score (nSPS) is 13.7. The second kappa shape index (κ2) is 8.85. The molecule has 0 atom stereocenters. The van der Waals surface area contributed by atoms with Gasteiger partial charge in [-0.2, -0.15) is 0 Å². The van der Waals surface area contributed by atoms with Crippen LogP contribution in [0.3, 0.4) is 0 Å². The molecule has 6 heteroatoms. The Bertz CT molecular complexity index is 1250. The number of hydrogen-bond donors (Lipinski definition) is 1. The van der Waals surface area contributed by atoms with Gasteiger partial charge in [-0.05, 0) is 55.3 Å². The first-order valence-corrected chi connectivity index (χ1v) is 11.0. The molecule has 0 unspecified atom stereocenters. The Labute approximate surface area is 191 Å². The number of hydrogen-bond acceptors (Lipinski definition) is 4. The monoisotopic (exact) mass is 442 g/mol. The highest BCUT2D eigenvalue weighted by Gasteiger charge is 2.41. The summed E-state index contributed by atoms with van der Waals surface area (Å²) in [5.41, 5.74) is 4.12. The Morgan fingerprint density at radius 2 is 1.56 bits per heavy atom. The Morgan fingerprint density at radius 1 is 0.875 bits per heavy atom. The molecule has 4 rings (SSSR count). The SMILES string of the molecule is CC(=O)Nc1ccc(C2=C(Sc3ccccc3)C(=O)N(c3ccc(C)cc3C)C2=O)cc1. The molecule has 0 radical (unpaired) electrons. The van der Waals surface area contributed by atoms with E-state index >= 15 is 0 Å². The average molecular weight is 443 g/mol. The van der Waals surface area contributed by atoms with E-state index < -0.39 is 0 Å². The lowest BCUT2D eigenvalue weighted by molar-refractivity contribution is -0.120. The van der Waals surface area contributed by atoms with E-state index in [9.17, 15) is 14.4 Å². The summed E-state index contributed by atoms with van der Waals surface area (Å²) in [5, 5.41) is 2.72. The summed E-state index contributed by atoms with van der Waals surface area (Å²) in [7, 11) is 0. The predicted molar refractivity (Wildman–Crippen MR) is 128 cm³/mol. The molecule has 0 saturated heterocycles. The van der Waals surface area contributed by atoms with Gasteiger partial charge in [0.25, 0.3) is 11.8 Å². The fourth-order valence-electron chi connectivity index (χ4n) is 3.66. The lowest BCUT2D eigenvalue weighted by Gasteiger charge is -2.18. The van der Waals surface area contributed by atoms with Crippen LogP contribution in [0.4, 0.5) is 11.4 Å². The van der Waals surface area contributed by atoms with Crippen LogP contribution in [0.1, 0.15) is 23.6 Å². The van der Waals surface area contributed by atoms with Gasteiger partial charge in [0.05, 0.1) is 16.2 Å². The molecule has 3 aromatic rings. The molecule has 0 saturated carbocycles. The van der Waals surface area contributed by atoms with Crippen molar-refractivity contribution in [1.82, 2.24) is 0 Å². The maximum absolute atomic E-state index is 13.6. The largest absolute Gasteiger partial charge is 0.326 e. The van der Waals surface area contributed by atoms with E-state index in [0.29, 0.717) is 27.4 Å². The number of aryl methyl sites for hydroxylation is 2. The summed E-state index contributed by atoms with van der Waals surface area (Å²) in [5.74, 6) is -0.866. The summed E-state index contributed by atoms with van der Waals surface area (Å²) in [6.45, 7) is 5.31. The van der Waals surface area contributed by atoms with Gasteiger partial charge in [-0.25, -0.2) is 4.90 Å². The quantitative estimate of drug-likeness (QED) is 0.542. The van der Waals surface area contributed by atoms with E-state index in [1.165, 1.54) is 23.6 Å². The number of anilines is 2. The van der Waals surface area contributed by atoms with Crippen LogP contribution >= 0.6 is 11.8 Å². The van der Waals surface area contributed by atoms with Gasteiger partial charge < -0.3 is 5.32 Å². The van der Waals surface area contributed by atoms with Crippen molar-refractivity contribution in [3.63, 3.8) is 0 Å². The summed E-state index contributed by atoms with van der Waals surface area (Å²) < 4.78 is 0. The number of amides is 3. The van der Waals surface area contributed by atoms with Crippen molar-refractivity contribution in [3.05, 3.63) is 94.4 Å². The van der Waals surface area contributed by atoms with E-state index in [2.05, 4.69) is 5.32 Å². The molecule has 0 fully saturated rings. The minimum Gasteiger partial charge on any atom is -0.326 e. The maximum atomic E-state index is 13.6. The molecule has 0 aliphatic carbocycles. The van der Waals surface area contributed by atoms with Crippen LogP contribution in [0.25, 0.3) is 5.57 Å². The first-order chi connectivity index (χ1) is 15.3. The van der Waals surface area contributed by atoms with Crippen LogP contribution < -0.4 is 10.2 Å². The number of thioether (sulfide) groups is 1. The van der Waals surface area contributed by atoms with E-state index in [0.717, 1.165) is 16.0 Å². The average Bonchev–Trinajstić information content (AvgIpc) is 2.99. The lowest BCUT2D eigenvalue weighted by atomic mass is 10.1. The molecular formula is C26H22N2O3S. The second-order valence-electron chi connectivity index (χ2n) is 7.61. The van der Waals surface area contributed by atoms with Crippen molar-refractivity contribution in [2.24, 2.45) is 0 Å². The van der Waals surface area contributed by atoms with Crippen LogP contribution in [0, 0.1) is 13.8 Å². The number of carbonyl (C=O) groups excluding carboxylic acids is 3. The van der Waals surface area contributed by atoms with Gasteiger partial charge in [0.1, 0.15) is 0 Å². The van der Waals surface area contributed by atoms with Crippen molar-refractivity contribution in [2.75, 3.05) is 10.2 Å². The number of imide groups is 1. The van der Waals surface area contributed by atoms with E-state index in [-0.39, 0.29) is 17.7 Å². The van der Waals surface area contributed by atoms with Gasteiger partial charge >= 0.3 is 0 Å². The van der Waals surface area contributed by atoms with E-state index in [4.69, 9.17) is 0 Å². The van der Waals surface area contributed by atoms with Crippen molar-refractivity contribution in [1.29, 1.82) is 0 Å². The zero-order valence-electron chi connectivity index (χ0n) is 18.0. The van der Waals surface area contributed by atoms with Crippen molar-refractivity contribution in [2.45, 2.75) is 25.7 Å². The Morgan fingerprint density at radius 3 is 2.19 bits per heavy atom. The Balaban J connectivity index is 1.80. The first kappa shape index (κ1) is 21.6. The Kier molecular flexibility index (Phi) is 5.97. The molecule has 1 N–H and O–H groups in total. The maximum Gasteiger partial charge on any atom is 0.272 e. The molecule has 1 heterocycles. The zero-order valence-corrected chi connectivity index (χ0v) is 18.8. The Hall–Kier alpha value is -3.64. The minimum absolute atomic E-state index is 0.176. The van der Waals surface area contributed by atoms with Crippen LogP contribution in [-0.2, 0) is 14.4 Å². The van der Waals surface area contributed by atoms with Gasteiger partial charge in [-0.15, -0.1) is 0 Å². The first-order valence-electron chi connectivity index (χ1n) is 10.2. The summed E-state index contributed by atoms with van der Waals surface area (Å²) in [4.78, 5) is 41.0. The number of rotatable bonds is 5. The highest BCUT2D eigenvalue weighted by atomic mass is 32.2. The van der Waals surface area contributed by atoms with Crippen LogP contribution in [0.5, 0.6) is 0 Å². The standard InChI is InChI=1S/C26H22N2O3S/c1-16-9-14-22(17(2)15-16)28-25(30)23(19-10-12-20(13-11-19)27-18(3)29)24(26(28)31)32-21-7-5-4-6-8-21/h4-15H,1-3H3,(H,27,29). The molecule has 160 valence electrons. The third-order valence-electron chi connectivity index (χ3n) is 5.09. The third kappa shape index (κ3) is 4.22. The number of benzene rings is 3. The minimum atomic E-state index is -0.354. The number of carbonyl (C=O) groups is 3. The van der Waals surface area contributed by atoms with E-state index in [1.807, 2.05) is 62.4 Å². The van der Waals surface area contributed by atoms with Crippen LogP contribution in [0.2, 0.25) is 0 Å². The fourth-order valence-corrected chi connectivity index (χ4v) is 4.68. The molecule has 5 nitrogen and oxygen atoms in total. The predicted octanol–water partition coefficient (Wildman–Crippen LogP) is 5.34. The molecule has 1 aliphatic rings. The number of nitrogens with one attached hydrogen (secondary N) is 1.